The van der Waals surface area contributed by atoms with E-state index in [0.29, 0.717) is 0 Å². The zero-order valence-corrected chi connectivity index (χ0v) is 15.1. The number of H-pyrrole nitrogens is 1. The van der Waals surface area contributed by atoms with Crippen LogP contribution in [0.3, 0.4) is 0 Å². The Morgan fingerprint density at radius 1 is 1.39 bits per heavy atom. The molecule has 3 aromatic rings. The number of nitrogens with one attached hydrogen (secondary N) is 1. The van der Waals surface area contributed by atoms with Crippen molar-refractivity contribution < 1.29 is 0 Å². The Hall–Kier alpha value is -1.50. The molecule has 0 bridgehead atoms. The summed E-state index contributed by atoms with van der Waals surface area (Å²) in [7, 11) is 0. The fourth-order valence-electron chi connectivity index (χ4n) is 3.24. The van der Waals surface area contributed by atoms with E-state index >= 15 is 0 Å². The zero-order chi connectivity index (χ0) is 16.1. The van der Waals surface area contributed by atoms with Gasteiger partial charge in [-0.25, -0.2) is 4.98 Å². The molecule has 120 valence electrons. The Morgan fingerprint density at radius 3 is 3.04 bits per heavy atom. The summed E-state index contributed by atoms with van der Waals surface area (Å²) in [6, 6.07) is 2.33. The maximum absolute atomic E-state index is 12.5. The van der Waals surface area contributed by atoms with Gasteiger partial charge in [0.1, 0.15) is 10.7 Å². The van der Waals surface area contributed by atoms with Gasteiger partial charge in [0.2, 0.25) is 0 Å². The lowest BCUT2D eigenvalue weighted by atomic mass is 10.1. The minimum absolute atomic E-state index is 0.00747. The first-order valence-corrected chi connectivity index (χ1v) is 9.53. The van der Waals surface area contributed by atoms with Gasteiger partial charge in [0, 0.05) is 22.8 Å². The van der Waals surface area contributed by atoms with Crippen molar-refractivity contribution in [1.29, 1.82) is 0 Å². The lowest BCUT2D eigenvalue weighted by Gasteiger charge is -2.31. The van der Waals surface area contributed by atoms with Crippen LogP contribution >= 0.6 is 22.7 Å². The third kappa shape index (κ3) is 2.45. The van der Waals surface area contributed by atoms with E-state index in [1.54, 1.807) is 11.3 Å². The Morgan fingerprint density at radius 2 is 2.22 bits per heavy atom. The van der Waals surface area contributed by atoms with Crippen molar-refractivity contribution in [2.75, 3.05) is 6.54 Å². The molecule has 4 heterocycles. The van der Waals surface area contributed by atoms with E-state index in [9.17, 15) is 4.79 Å². The van der Waals surface area contributed by atoms with Gasteiger partial charge in [0.05, 0.1) is 11.4 Å². The molecule has 0 saturated heterocycles. The maximum Gasteiger partial charge on any atom is 0.259 e. The molecule has 0 fully saturated rings. The van der Waals surface area contributed by atoms with E-state index in [1.807, 2.05) is 25.2 Å². The normalized spacial score (nSPS) is 16.7. The molecule has 0 aromatic carbocycles. The van der Waals surface area contributed by atoms with Crippen molar-refractivity contribution in [2.45, 2.75) is 39.8 Å². The molecule has 23 heavy (non-hydrogen) atoms. The van der Waals surface area contributed by atoms with Gasteiger partial charge in [-0.15, -0.1) is 22.7 Å². The van der Waals surface area contributed by atoms with Crippen LogP contribution in [-0.2, 0) is 13.0 Å². The van der Waals surface area contributed by atoms with Crippen molar-refractivity contribution in [2.24, 2.45) is 0 Å². The Bertz CT molecular complexity index is 937. The van der Waals surface area contributed by atoms with Crippen LogP contribution in [0.5, 0.6) is 0 Å². The van der Waals surface area contributed by atoms with E-state index < -0.39 is 0 Å². The Kier molecular flexibility index (Phi) is 3.63. The first-order chi connectivity index (χ1) is 11.0. The molecule has 1 atom stereocenters. The number of nitrogens with zero attached hydrogens (tertiary/aromatic N) is 2. The molecular weight excluding hydrogens is 326 g/mol. The van der Waals surface area contributed by atoms with Crippen LogP contribution in [0.4, 0.5) is 0 Å². The number of thiophene rings is 2. The molecule has 3 aromatic heterocycles. The van der Waals surface area contributed by atoms with Crippen LogP contribution in [-0.4, -0.2) is 21.4 Å². The van der Waals surface area contributed by atoms with Crippen molar-refractivity contribution in [3.63, 3.8) is 0 Å². The van der Waals surface area contributed by atoms with Crippen LogP contribution in [0, 0.1) is 13.8 Å². The first-order valence-electron chi connectivity index (χ1n) is 7.84. The molecule has 1 aliphatic heterocycles. The maximum atomic E-state index is 12.5. The lowest BCUT2D eigenvalue weighted by Crippen LogP contribution is -2.33. The SMILES string of the molecule is Cc1sc2nc([C@@H](C)N3CCc4sccc4C3)[nH]c(=O)c2c1C. The summed E-state index contributed by atoms with van der Waals surface area (Å²) in [5, 5.41) is 2.92. The second kappa shape index (κ2) is 5.54. The third-order valence-electron chi connectivity index (χ3n) is 4.84. The molecule has 1 N–H and O–H groups in total. The first kappa shape index (κ1) is 15.1. The summed E-state index contributed by atoms with van der Waals surface area (Å²) in [5.74, 6) is 0.780. The molecule has 0 unspecified atom stereocenters. The monoisotopic (exact) mass is 345 g/mol. The van der Waals surface area contributed by atoms with Gasteiger partial charge in [0.15, 0.2) is 0 Å². The summed E-state index contributed by atoms with van der Waals surface area (Å²) >= 11 is 3.46. The number of fused-ring (bicyclic) bond motifs is 2. The summed E-state index contributed by atoms with van der Waals surface area (Å²) in [5.41, 5.74) is 2.46. The Labute approximate surface area is 142 Å². The van der Waals surface area contributed by atoms with E-state index in [1.165, 1.54) is 15.3 Å². The van der Waals surface area contributed by atoms with Crippen LogP contribution < -0.4 is 5.56 Å². The van der Waals surface area contributed by atoms with Crippen molar-refractivity contribution in [1.82, 2.24) is 14.9 Å². The highest BCUT2D eigenvalue weighted by Gasteiger charge is 2.24. The second-order valence-corrected chi connectivity index (χ2v) is 8.38. The highest BCUT2D eigenvalue weighted by atomic mass is 32.1. The van der Waals surface area contributed by atoms with Crippen molar-refractivity contribution in [3.8, 4) is 0 Å². The zero-order valence-electron chi connectivity index (χ0n) is 13.5. The number of rotatable bonds is 2. The van der Waals surface area contributed by atoms with Crippen LogP contribution in [0.1, 0.15) is 39.7 Å². The summed E-state index contributed by atoms with van der Waals surface area (Å²) < 4.78 is 0. The third-order valence-corrected chi connectivity index (χ3v) is 6.96. The molecule has 1 aliphatic rings. The van der Waals surface area contributed by atoms with Crippen LogP contribution in [0.15, 0.2) is 16.2 Å². The minimum Gasteiger partial charge on any atom is -0.309 e. The standard InChI is InChI=1S/C17H19N3OS2/c1-9-11(3)23-17-14(9)16(21)18-15(19-17)10(2)20-6-4-13-12(8-20)5-7-22-13/h5,7,10H,4,6,8H2,1-3H3,(H,18,19,21)/t10-/m1/s1. The molecule has 0 spiro atoms. The van der Waals surface area contributed by atoms with Crippen LogP contribution in [0.2, 0.25) is 0 Å². The average Bonchev–Trinajstić information content (AvgIpc) is 3.11. The topological polar surface area (TPSA) is 49.0 Å². The van der Waals surface area contributed by atoms with Crippen LogP contribution in [0.25, 0.3) is 10.2 Å². The van der Waals surface area contributed by atoms with Gasteiger partial charge < -0.3 is 4.98 Å². The van der Waals surface area contributed by atoms with E-state index in [0.717, 1.165) is 41.1 Å². The molecule has 4 rings (SSSR count). The van der Waals surface area contributed by atoms with Gasteiger partial charge in [-0.05, 0) is 49.8 Å². The van der Waals surface area contributed by atoms with Gasteiger partial charge in [-0.1, -0.05) is 0 Å². The molecule has 4 nitrogen and oxygen atoms in total. The molecule has 6 heteroatoms. The molecule has 0 saturated carbocycles. The van der Waals surface area contributed by atoms with Gasteiger partial charge in [-0.2, -0.15) is 0 Å². The van der Waals surface area contributed by atoms with Gasteiger partial charge in [0.25, 0.3) is 5.56 Å². The van der Waals surface area contributed by atoms with Crippen molar-refractivity contribution in [3.05, 3.63) is 48.5 Å². The van der Waals surface area contributed by atoms with Gasteiger partial charge in [-0.3, -0.25) is 9.69 Å². The molecular formula is C17H19N3OS2. The molecule has 0 aliphatic carbocycles. The minimum atomic E-state index is -0.00747. The van der Waals surface area contributed by atoms with E-state index in [2.05, 4.69) is 28.3 Å². The average molecular weight is 345 g/mol. The number of hydrogen-bond donors (Lipinski definition) is 1. The second-order valence-electron chi connectivity index (χ2n) is 6.18. The molecule has 0 radical (unpaired) electrons. The predicted molar refractivity (Wildman–Crippen MR) is 96.6 cm³/mol. The molecule has 0 amide bonds. The highest BCUT2D eigenvalue weighted by Crippen LogP contribution is 2.30. The largest absolute Gasteiger partial charge is 0.309 e. The number of aromatic amines is 1. The number of aryl methyl sites for hydroxylation is 2. The number of aromatic nitrogens is 2. The Balaban J connectivity index is 1.70. The fraction of sp³-hybridized carbons (Fsp3) is 0.412. The number of hydrogen-bond acceptors (Lipinski definition) is 5. The van der Waals surface area contributed by atoms with Gasteiger partial charge >= 0.3 is 0 Å². The lowest BCUT2D eigenvalue weighted by molar-refractivity contribution is 0.186. The van der Waals surface area contributed by atoms with Crippen molar-refractivity contribution >= 4 is 32.9 Å². The fourth-order valence-corrected chi connectivity index (χ4v) is 5.17. The summed E-state index contributed by atoms with van der Waals surface area (Å²) in [6.07, 6.45) is 1.08. The van der Waals surface area contributed by atoms with E-state index in [-0.39, 0.29) is 11.6 Å². The highest BCUT2D eigenvalue weighted by molar-refractivity contribution is 7.18. The quantitative estimate of drug-likeness (QED) is 0.769. The summed E-state index contributed by atoms with van der Waals surface area (Å²) in [6.45, 7) is 8.13. The van der Waals surface area contributed by atoms with E-state index in [4.69, 9.17) is 4.98 Å². The summed E-state index contributed by atoms with van der Waals surface area (Å²) in [4.78, 5) is 26.2. The predicted octanol–water partition coefficient (Wildman–Crippen LogP) is 3.78. The smallest absolute Gasteiger partial charge is 0.259 e.